The van der Waals surface area contributed by atoms with E-state index in [1.165, 1.54) is 0 Å². The van der Waals surface area contributed by atoms with Crippen LogP contribution >= 0.6 is 0 Å². The second kappa shape index (κ2) is 7.72. The maximum Gasteiger partial charge on any atom is 0.325 e. The number of alkyl halides is 2. The Morgan fingerprint density at radius 3 is 2.62 bits per heavy atom. The summed E-state index contributed by atoms with van der Waals surface area (Å²) in [5.74, 6) is -3.85. The van der Waals surface area contributed by atoms with Crippen molar-refractivity contribution in [2.75, 3.05) is 6.54 Å². The Kier molecular flexibility index (Phi) is 5.03. The zero-order valence-electron chi connectivity index (χ0n) is 18.9. The van der Waals surface area contributed by atoms with E-state index in [2.05, 4.69) is 10.3 Å². The number of amides is 3. The zero-order valence-corrected chi connectivity index (χ0v) is 18.9. The monoisotopic (exact) mass is 466 g/mol. The van der Waals surface area contributed by atoms with Crippen molar-refractivity contribution in [3.05, 3.63) is 54.0 Å². The first kappa shape index (κ1) is 22.2. The summed E-state index contributed by atoms with van der Waals surface area (Å²) in [6.45, 7) is 1.45. The number of fused-ring (bicyclic) bond motifs is 1. The van der Waals surface area contributed by atoms with Crippen LogP contribution in [0.4, 0.5) is 13.6 Å². The molecule has 2 aromatic heterocycles. The molecule has 176 valence electrons. The van der Waals surface area contributed by atoms with Gasteiger partial charge in [-0.15, -0.1) is 0 Å². The van der Waals surface area contributed by atoms with E-state index < -0.39 is 48.6 Å². The first-order chi connectivity index (χ1) is 16.1. The predicted molar refractivity (Wildman–Crippen MR) is 122 cm³/mol. The number of halogens is 2. The number of benzene rings is 1. The molecule has 3 amide bonds. The Hall–Kier alpha value is -3.62. The highest BCUT2D eigenvalue weighted by Crippen LogP contribution is 2.41. The van der Waals surface area contributed by atoms with E-state index in [-0.39, 0.29) is 12.8 Å². The van der Waals surface area contributed by atoms with Crippen LogP contribution in [-0.2, 0) is 11.8 Å². The van der Waals surface area contributed by atoms with Crippen LogP contribution < -0.4 is 5.32 Å². The van der Waals surface area contributed by atoms with E-state index >= 15 is 0 Å². The molecule has 9 heteroatoms. The maximum absolute atomic E-state index is 13.6. The fraction of sp³-hybridized carbons (Fsp3) is 0.360. The number of hydrogen-bond donors (Lipinski definition) is 1. The van der Waals surface area contributed by atoms with Crippen molar-refractivity contribution in [1.29, 1.82) is 0 Å². The van der Waals surface area contributed by atoms with E-state index in [0.29, 0.717) is 5.69 Å². The number of imide groups is 1. The van der Waals surface area contributed by atoms with Crippen LogP contribution in [0.1, 0.15) is 41.7 Å². The molecule has 1 N–H and O–H groups in total. The number of urea groups is 1. The molecule has 3 heterocycles. The first-order valence-electron chi connectivity index (χ1n) is 11.2. The minimum atomic E-state index is -2.84. The number of aryl methyl sites for hydroxylation is 1. The number of hydrogen-bond acceptors (Lipinski definition) is 4. The Morgan fingerprint density at radius 2 is 1.88 bits per heavy atom. The van der Waals surface area contributed by atoms with E-state index in [1.807, 2.05) is 31.2 Å². The Labute approximate surface area is 194 Å². The van der Waals surface area contributed by atoms with Crippen molar-refractivity contribution in [2.45, 2.75) is 44.1 Å². The van der Waals surface area contributed by atoms with E-state index in [4.69, 9.17) is 0 Å². The molecule has 0 unspecified atom stereocenters. The van der Waals surface area contributed by atoms with Gasteiger partial charge in [0, 0.05) is 43.2 Å². The zero-order chi connectivity index (χ0) is 24.3. The predicted octanol–water partition coefficient (Wildman–Crippen LogP) is 4.23. The van der Waals surface area contributed by atoms with E-state index in [0.717, 1.165) is 32.5 Å². The van der Waals surface area contributed by atoms with Gasteiger partial charge < -0.3 is 9.88 Å². The number of nitrogens with one attached hydrogen (secondary N) is 1. The molecular formula is C25H24F2N4O3. The Bertz CT molecular complexity index is 1330. The average Bonchev–Trinajstić information content (AvgIpc) is 3.23. The third-order valence-electron chi connectivity index (χ3n) is 7.03. The summed E-state index contributed by atoms with van der Waals surface area (Å²) >= 11 is 0. The lowest BCUT2D eigenvalue weighted by molar-refractivity contribution is -0.135. The standard InChI is InChI=1S/C25H24F2N4O3/c1-15-12-19(30(2)21(15)17-5-3-4-16-6-11-28-13-18(16)17)20(32)14-31-22(33)24(29-23(31)34)7-9-25(26,27)10-8-24/h3-6,11-13H,7-10,14H2,1-2H3,(H,29,34). The Balaban J connectivity index is 1.42. The van der Waals surface area contributed by atoms with Crippen molar-refractivity contribution < 1.29 is 23.2 Å². The second-order valence-electron chi connectivity index (χ2n) is 9.21. The van der Waals surface area contributed by atoms with Gasteiger partial charge in [0.2, 0.25) is 5.92 Å². The fourth-order valence-corrected chi connectivity index (χ4v) is 5.16. The van der Waals surface area contributed by atoms with Crippen molar-refractivity contribution in [3.8, 4) is 11.3 Å². The molecule has 0 radical (unpaired) electrons. The number of carbonyl (C=O) groups excluding carboxylic acids is 3. The quantitative estimate of drug-likeness (QED) is 0.461. The number of ketones is 1. The molecule has 34 heavy (non-hydrogen) atoms. The van der Waals surface area contributed by atoms with Crippen LogP contribution in [0.15, 0.2) is 42.7 Å². The second-order valence-corrected chi connectivity index (χ2v) is 9.21. The molecule has 5 rings (SSSR count). The molecule has 1 aliphatic carbocycles. The van der Waals surface area contributed by atoms with Crippen molar-refractivity contribution in [1.82, 2.24) is 19.8 Å². The van der Waals surface area contributed by atoms with E-state index in [1.54, 1.807) is 30.1 Å². The van der Waals surface area contributed by atoms with Crippen molar-refractivity contribution >= 4 is 28.5 Å². The topological polar surface area (TPSA) is 84.3 Å². The molecule has 1 saturated carbocycles. The summed E-state index contributed by atoms with van der Waals surface area (Å²) in [6, 6.07) is 8.82. The van der Waals surface area contributed by atoms with Crippen LogP contribution in [0, 0.1) is 6.92 Å². The smallest absolute Gasteiger partial charge is 0.325 e. The molecule has 1 aromatic carbocycles. The minimum Gasteiger partial charge on any atom is -0.341 e. The number of nitrogens with zero attached hydrogens (tertiary/aromatic N) is 3. The maximum atomic E-state index is 13.6. The highest BCUT2D eigenvalue weighted by Gasteiger charge is 2.55. The van der Waals surface area contributed by atoms with Crippen LogP contribution in [0.5, 0.6) is 0 Å². The van der Waals surface area contributed by atoms with Gasteiger partial charge in [-0.1, -0.05) is 18.2 Å². The summed E-state index contributed by atoms with van der Waals surface area (Å²) in [5, 5.41) is 4.54. The summed E-state index contributed by atoms with van der Waals surface area (Å²) in [5.41, 5.74) is 1.63. The molecule has 2 fully saturated rings. The minimum absolute atomic E-state index is 0.141. The molecular weight excluding hydrogens is 442 g/mol. The van der Waals surface area contributed by atoms with Gasteiger partial charge in [0.25, 0.3) is 5.91 Å². The average molecular weight is 466 g/mol. The molecule has 3 aromatic rings. The first-order valence-corrected chi connectivity index (χ1v) is 11.2. The van der Waals surface area contributed by atoms with Gasteiger partial charge in [-0.2, -0.15) is 0 Å². The third kappa shape index (κ3) is 3.46. The molecule has 2 aliphatic rings. The largest absolute Gasteiger partial charge is 0.341 e. The highest BCUT2D eigenvalue weighted by atomic mass is 19.3. The van der Waals surface area contributed by atoms with Gasteiger partial charge in [0.05, 0.1) is 17.9 Å². The highest BCUT2D eigenvalue weighted by molar-refractivity contribution is 6.11. The van der Waals surface area contributed by atoms with Gasteiger partial charge in [-0.3, -0.25) is 19.5 Å². The molecule has 7 nitrogen and oxygen atoms in total. The molecule has 1 spiro atoms. The number of carbonyl (C=O) groups is 3. The van der Waals surface area contributed by atoms with Crippen molar-refractivity contribution in [2.24, 2.45) is 7.05 Å². The molecule has 1 saturated heterocycles. The lowest BCUT2D eigenvalue weighted by Gasteiger charge is -2.34. The summed E-state index contributed by atoms with van der Waals surface area (Å²) < 4.78 is 29.0. The molecule has 0 bridgehead atoms. The SMILES string of the molecule is Cc1cc(C(=O)CN2C(=O)NC3(CCC(F)(F)CC3)C2=O)n(C)c1-c1cccc2ccncc12. The number of Topliss-reactive ketones (excluding diaryl/α,β-unsaturated/α-hetero) is 1. The van der Waals surface area contributed by atoms with Crippen molar-refractivity contribution in [3.63, 3.8) is 0 Å². The normalized spacial score (nSPS) is 19.1. The molecule has 1 aliphatic heterocycles. The lowest BCUT2D eigenvalue weighted by Crippen LogP contribution is -2.51. The third-order valence-corrected chi connectivity index (χ3v) is 7.03. The van der Waals surface area contributed by atoms with Crippen LogP contribution in [-0.4, -0.2) is 50.2 Å². The van der Waals surface area contributed by atoms with Gasteiger partial charge in [-0.05, 0) is 42.8 Å². The Morgan fingerprint density at radius 1 is 1.15 bits per heavy atom. The van der Waals surface area contributed by atoms with Crippen LogP contribution in [0.25, 0.3) is 22.0 Å². The van der Waals surface area contributed by atoms with Gasteiger partial charge >= 0.3 is 6.03 Å². The summed E-state index contributed by atoms with van der Waals surface area (Å²) in [6.07, 6.45) is 2.27. The number of rotatable bonds is 4. The number of pyridine rings is 1. The fourth-order valence-electron chi connectivity index (χ4n) is 5.16. The van der Waals surface area contributed by atoms with Gasteiger partial charge in [-0.25, -0.2) is 13.6 Å². The van der Waals surface area contributed by atoms with E-state index in [9.17, 15) is 23.2 Å². The van der Waals surface area contributed by atoms with Crippen LogP contribution in [0.2, 0.25) is 0 Å². The van der Waals surface area contributed by atoms with Gasteiger partial charge in [0.15, 0.2) is 5.78 Å². The lowest BCUT2D eigenvalue weighted by atomic mass is 9.80. The summed E-state index contributed by atoms with van der Waals surface area (Å²) in [4.78, 5) is 43.9. The van der Waals surface area contributed by atoms with Crippen LogP contribution in [0.3, 0.4) is 0 Å². The molecule has 0 atom stereocenters. The summed E-state index contributed by atoms with van der Waals surface area (Å²) in [7, 11) is 1.77. The number of aromatic nitrogens is 2. The van der Waals surface area contributed by atoms with Gasteiger partial charge in [0.1, 0.15) is 5.54 Å².